The number of rotatable bonds is 3. The predicted octanol–water partition coefficient (Wildman–Crippen LogP) is 4.66. The molecule has 5 heteroatoms. The summed E-state index contributed by atoms with van der Waals surface area (Å²) in [6.45, 7) is 0. The van der Waals surface area contributed by atoms with Gasteiger partial charge in [0.1, 0.15) is 11.6 Å². The van der Waals surface area contributed by atoms with Crippen LogP contribution in [0.25, 0.3) is 0 Å². The highest BCUT2D eigenvalue weighted by atomic mass is 79.9. The highest BCUT2D eigenvalue weighted by Crippen LogP contribution is 2.29. The predicted molar refractivity (Wildman–Crippen MR) is 74.2 cm³/mol. The molecule has 0 spiro atoms. The van der Waals surface area contributed by atoms with E-state index >= 15 is 0 Å². The minimum atomic E-state index is -0.894. The number of benzene rings is 2. The highest BCUT2D eigenvalue weighted by molar-refractivity contribution is 9.10. The van der Waals surface area contributed by atoms with Crippen LogP contribution in [0.15, 0.2) is 40.9 Å². The molecule has 0 bridgehead atoms. The van der Waals surface area contributed by atoms with Gasteiger partial charge in [-0.25, -0.2) is 8.78 Å². The van der Waals surface area contributed by atoms with E-state index in [0.29, 0.717) is 20.6 Å². The van der Waals surface area contributed by atoms with Crippen molar-refractivity contribution in [2.45, 2.75) is 12.5 Å². The fourth-order valence-corrected chi connectivity index (χ4v) is 2.52. The summed E-state index contributed by atoms with van der Waals surface area (Å²) >= 11 is 9.17. The van der Waals surface area contributed by atoms with Gasteiger partial charge in [0.15, 0.2) is 0 Å². The van der Waals surface area contributed by atoms with E-state index in [-0.39, 0.29) is 6.42 Å². The van der Waals surface area contributed by atoms with Crippen LogP contribution in [-0.4, -0.2) is 5.11 Å². The summed E-state index contributed by atoms with van der Waals surface area (Å²) in [6.07, 6.45) is -0.789. The molecule has 0 heterocycles. The molecule has 19 heavy (non-hydrogen) atoms. The van der Waals surface area contributed by atoms with E-state index in [4.69, 9.17) is 11.6 Å². The number of aliphatic hydroxyl groups excluding tert-OH is 1. The number of hydrogen-bond donors (Lipinski definition) is 1. The summed E-state index contributed by atoms with van der Waals surface area (Å²) in [5.41, 5.74) is 0.967. The van der Waals surface area contributed by atoms with Gasteiger partial charge in [-0.15, -0.1) is 0 Å². The van der Waals surface area contributed by atoms with Gasteiger partial charge < -0.3 is 5.11 Å². The third-order valence-corrected chi connectivity index (χ3v) is 3.63. The standard InChI is InChI=1S/C14H10BrClF2O/c15-13-2-1-9(16)6-12(13)14(19)5-8-3-10(17)7-11(18)4-8/h1-4,6-7,14,19H,5H2. The lowest BCUT2D eigenvalue weighted by Crippen LogP contribution is -2.03. The maximum absolute atomic E-state index is 13.1. The van der Waals surface area contributed by atoms with Crippen LogP contribution in [0.4, 0.5) is 8.78 Å². The van der Waals surface area contributed by atoms with Gasteiger partial charge in [0, 0.05) is 22.0 Å². The molecule has 0 amide bonds. The average molecular weight is 348 g/mol. The van der Waals surface area contributed by atoms with E-state index in [9.17, 15) is 13.9 Å². The van der Waals surface area contributed by atoms with Crippen LogP contribution in [0.3, 0.4) is 0 Å². The Hall–Kier alpha value is -0.970. The zero-order valence-electron chi connectivity index (χ0n) is 9.71. The van der Waals surface area contributed by atoms with Crippen LogP contribution in [-0.2, 0) is 6.42 Å². The van der Waals surface area contributed by atoms with E-state index in [0.717, 1.165) is 6.07 Å². The molecule has 0 aliphatic heterocycles. The second-order valence-electron chi connectivity index (χ2n) is 4.16. The topological polar surface area (TPSA) is 20.2 Å². The third-order valence-electron chi connectivity index (χ3n) is 2.67. The summed E-state index contributed by atoms with van der Waals surface area (Å²) in [4.78, 5) is 0. The van der Waals surface area contributed by atoms with Crippen molar-refractivity contribution >= 4 is 27.5 Å². The first-order chi connectivity index (χ1) is 8.95. The zero-order valence-corrected chi connectivity index (χ0v) is 12.0. The van der Waals surface area contributed by atoms with Gasteiger partial charge in [0.2, 0.25) is 0 Å². The van der Waals surface area contributed by atoms with Crippen LogP contribution in [0, 0.1) is 11.6 Å². The molecule has 1 atom stereocenters. The first-order valence-electron chi connectivity index (χ1n) is 5.53. The first-order valence-corrected chi connectivity index (χ1v) is 6.71. The van der Waals surface area contributed by atoms with Crippen LogP contribution >= 0.6 is 27.5 Å². The molecule has 2 rings (SSSR count). The minimum absolute atomic E-state index is 0.105. The van der Waals surface area contributed by atoms with Crippen molar-refractivity contribution in [1.29, 1.82) is 0 Å². The lowest BCUT2D eigenvalue weighted by Gasteiger charge is -2.13. The maximum atomic E-state index is 13.1. The zero-order chi connectivity index (χ0) is 14.0. The number of halogens is 4. The monoisotopic (exact) mass is 346 g/mol. The molecule has 1 unspecified atom stereocenters. The molecule has 0 aromatic heterocycles. The molecule has 0 aliphatic rings. The molecule has 0 radical (unpaired) electrons. The van der Waals surface area contributed by atoms with Crippen molar-refractivity contribution < 1.29 is 13.9 Å². The smallest absolute Gasteiger partial charge is 0.126 e. The van der Waals surface area contributed by atoms with Gasteiger partial charge in [-0.05, 0) is 41.5 Å². The minimum Gasteiger partial charge on any atom is -0.388 e. The van der Waals surface area contributed by atoms with Gasteiger partial charge in [0.05, 0.1) is 6.10 Å². The SMILES string of the molecule is OC(Cc1cc(F)cc(F)c1)c1cc(Cl)ccc1Br. The summed E-state index contributed by atoms with van der Waals surface area (Å²) in [7, 11) is 0. The van der Waals surface area contributed by atoms with Gasteiger partial charge in [-0.3, -0.25) is 0 Å². The second-order valence-corrected chi connectivity index (χ2v) is 5.45. The van der Waals surface area contributed by atoms with E-state index in [2.05, 4.69) is 15.9 Å². The van der Waals surface area contributed by atoms with Crippen LogP contribution in [0.1, 0.15) is 17.2 Å². The van der Waals surface area contributed by atoms with E-state index in [1.165, 1.54) is 12.1 Å². The number of aliphatic hydroxyl groups is 1. The Morgan fingerprint density at radius 3 is 2.37 bits per heavy atom. The molecule has 100 valence electrons. The normalized spacial score (nSPS) is 12.5. The lowest BCUT2D eigenvalue weighted by molar-refractivity contribution is 0.177. The lowest BCUT2D eigenvalue weighted by atomic mass is 10.0. The molecular formula is C14H10BrClF2O. The Labute approximate surface area is 123 Å². The van der Waals surface area contributed by atoms with Crippen molar-refractivity contribution in [3.05, 3.63) is 68.7 Å². The van der Waals surface area contributed by atoms with Crippen LogP contribution < -0.4 is 0 Å². The molecule has 1 N–H and O–H groups in total. The highest BCUT2D eigenvalue weighted by Gasteiger charge is 2.14. The van der Waals surface area contributed by atoms with Crippen molar-refractivity contribution in [1.82, 2.24) is 0 Å². The van der Waals surface area contributed by atoms with E-state index < -0.39 is 17.7 Å². The van der Waals surface area contributed by atoms with Crippen LogP contribution in [0.2, 0.25) is 5.02 Å². The fraction of sp³-hybridized carbons (Fsp3) is 0.143. The summed E-state index contributed by atoms with van der Waals surface area (Å²) in [6, 6.07) is 8.21. The largest absolute Gasteiger partial charge is 0.388 e. The average Bonchev–Trinajstić information content (AvgIpc) is 2.30. The Bertz CT molecular complexity index is 584. The Balaban J connectivity index is 2.25. The van der Waals surface area contributed by atoms with Crippen molar-refractivity contribution in [2.75, 3.05) is 0 Å². The van der Waals surface area contributed by atoms with Gasteiger partial charge >= 0.3 is 0 Å². The van der Waals surface area contributed by atoms with Gasteiger partial charge in [0.25, 0.3) is 0 Å². The van der Waals surface area contributed by atoms with Crippen LogP contribution in [0.5, 0.6) is 0 Å². The molecule has 0 saturated heterocycles. The van der Waals surface area contributed by atoms with Gasteiger partial charge in [-0.2, -0.15) is 0 Å². The Kier molecular flexibility index (Phi) is 4.55. The second kappa shape index (κ2) is 5.99. The van der Waals surface area contributed by atoms with Gasteiger partial charge in [-0.1, -0.05) is 27.5 Å². The number of hydrogen-bond acceptors (Lipinski definition) is 1. The maximum Gasteiger partial charge on any atom is 0.126 e. The van der Waals surface area contributed by atoms with E-state index in [1.807, 2.05) is 0 Å². The molecule has 2 aromatic carbocycles. The molecule has 2 aromatic rings. The Morgan fingerprint density at radius 2 is 1.74 bits per heavy atom. The quantitative estimate of drug-likeness (QED) is 0.856. The van der Waals surface area contributed by atoms with E-state index in [1.54, 1.807) is 18.2 Å². The van der Waals surface area contributed by atoms with Crippen molar-refractivity contribution in [3.63, 3.8) is 0 Å². The summed E-state index contributed by atoms with van der Waals surface area (Å²) < 4.78 is 26.8. The summed E-state index contributed by atoms with van der Waals surface area (Å²) in [5, 5.41) is 10.6. The molecule has 0 saturated carbocycles. The molecule has 1 nitrogen and oxygen atoms in total. The van der Waals surface area contributed by atoms with Crippen molar-refractivity contribution in [3.8, 4) is 0 Å². The summed E-state index contributed by atoms with van der Waals surface area (Å²) in [5.74, 6) is -1.32. The molecule has 0 fully saturated rings. The first kappa shape index (κ1) is 14.4. The molecular weight excluding hydrogens is 338 g/mol. The van der Waals surface area contributed by atoms with Crippen molar-refractivity contribution in [2.24, 2.45) is 0 Å². The fourth-order valence-electron chi connectivity index (χ4n) is 1.83. The Morgan fingerprint density at radius 1 is 1.11 bits per heavy atom. The third kappa shape index (κ3) is 3.75. The molecule has 0 aliphatic carbocycles.